The van der Waals surface area contributed by atoms with Gasteiger partial charge in [-0.2, -0.15) is 5.10 Å². The lowest BCUT2D eigenvalue weighted by atomic mass is 10.1. The summed E-state index contributed by atoms with van der Waals surface area (Å²) in [5.74, 6) is 0.488. The minimum atomic E-state index is -0.0448. The number of hydrogen-bond donors (Lipinski definition) is 2. The van der Waals surface area contributed by atoms with E-state index in [1.54, 1.807) is 12.4 Å². The lowest BCUT2D eigenvalue weighted by Gasteiger charge is -2.02. The van der Waals surface area contributed by atoms with Crippen LogP contribution in [0.2, 0.25) is 0 Å². The molecule has 0 saturated carbocycles. The molecule has 2 heterocycles. The summed E-state index contributed by atoms with van der Waals surface area (Å²) in [5, 5.41) is 9.82. The van der Waals surface area contributed by atoms with Crippen molar-refractivity contribution in [3.63, 3.8) is 0 Å². The molecule has 3 aromatic rings. The number of nitrogens with one attached hydrogen (secondary N) is 2. The second-order valence-corrected chi connectivity index (χ2v) is 4.94. The Balaban J connectivity index is 1.57. The van der Waals surface area contributed by atoms with Gasteiger partial charge in [0.2, 0.25) is 5.91 Å². The quantitative estimate of drug-likeness (QED) is 0.759. The number of aromatic amines is 1. The van der Waals surface area contributed by atoms with Crippen molar-refractivity contribution in [1.82, 2.24) is 15.2 Å². The molecule has 1 amide bonds. The summed E-state index contributed by atoms with van der Waals surface area (Å²) in [7, 11) is 0. The SMILES string of the molecule is O=C(CCc1ccccc1)Nc1cc(-c2ccncc2)[nH]n1. The van der Waals surface area contributed by atoms with E-state index >= 15 is 0 Å². The van der Waals surface area contributed by atoms with Crippen LogP contribution >= 0.6 is 0 Å². The van der Waals surface area contributed by atoms with Crippen molar-refractivity contribution < 1.29 is 4.79 Å². The molecule has 1 aromatic carbocycles. The summed E-state index contributed by atoms with van der Waals surface area (Å²) in [4.78, 5) is 15.9. The van der Waals surface area contributed by atoms with Crippen LogP contribution < -0.4 is 5.32 Å². The third-order valence-electron chi connectivity index (χ3n) is 3.32. The summed E-state index contributed by atoms with van der Waals surface area (Å²) in [6.07, 6.45) is 4.58. The number of benzene rings is 1. The molecule has 0 aliphatic heterocycles. The maximum atomic E-state index is 12.0. The van der Waals surface area contributed by atoms with Gasteiger partial charge in [-0.3, -0.25) is 14.9 Å². The van der Waals surface area contributed by atoms with Crippen LogP contribution in [-0.2, 0) is 11.2 Å². The summed E-state index contributed by atoms with van der Waals surface area (Å²) in [6.45, 7) is 0. The number of anilines is 1. The molecule has 5 nitrogen and oxygen atoms in total. The molecule has 5 heteroatoms. The van der Waals surface area contributed by atoms with Crippen LogP contribution in [0, 0.1) is 0 Å². The van der Waals surface area contributed by atoms with Gasteiger partial charge in [-0.1, -0.05) is 30.3 Å². The Bertz CT molecular complexity index is 738. The van der Waals surface area contributed by atoms with E-state index < -0.39 is 0 Å². The monoisotopic (exact) mass is 292 g/mol. The molecule has 0 fully saturated rings. The number of rotatable bonds is 5. The maximum Gasteiger partial charge on any atom is 0.225 e. The Morgan fingerprint density at radius 3 is 2.64 bits per heavy atom. The Hall–Kier alpha value is -2.95. The zero-order valence-corrected chi connectivity index (χ0v) is 12.0. The van der Waals surface area contributed by atoms with Crippen molar-refractivity contribution in [1.29, 1.82) is 0 Å². The van der Waals surface area contributed by atoms with Crippen molar-refractivity contribution in [2.75, 3.05) is 5.32 Å². The van der Waals surface area contributed by atoms with Gasteiger partial charge in [0, 0.05) is 30.4 Å². The van der Waals surface area contributed by atoms with Crippen LogP contribution in [0.4, 0.5) is 5.82 Å². The molecule has 3 rings (SSSR count). The van der Waals surface area contributed by atoms with Crippen LogP contribution in [0.5, 0.6) is 0 Å². The van der Waals surface area contributed by atoms with Crippen LogP contribution in [0.25, 0.3) is 11.3 Å². The van der Waals surface area contributed by atoms with Gasteiger partial charge in [-0.25, -0.2) is 0 Å². The predicted molar refractivity (Wildman–Crippen MR) is 85.2 cm³/mol. The summed E-state index contributed by atoms with van der Waals surface area (Å²) >= 11 is 0. The smallest absolute Gasteiger partial charge is 0.225 e. The normalized spacial score (nSPS) is 10.4. The van der Waals surface area contributed by atoms with E-state index in [2.05, 4.69) is 20.5 Å². The minimum absolute atomic E-state index is 0.0448. The Kier molecular flexibility index (Phi) is 4.25. The molecule has 0 atom stereocenters. The first-order valence-electron chi connectivity index (χ1n) is 7.11. The first-order chi connectivity index (χ1) is 10.8. The molecule has 0 radical (unpaired) electrons. The minimum Gasteiger partial charge on any atom is -0.309 e. The molecule has 0 unspecified atom stereocenters. The second kappa shape index (κ2) is 6.67. The number of nitrogens with zero attached hydrogens (tertiary/aromatic N) is 2. The van der Waals surface area contributed by atoms with Gasteiger partial charge in [0.15, 0.2) is 5.82 Å². The van der Waals surface area contributed by atoms with Crippen molar-refractivity contribution in [2.45, 2.75) is 12.8 Å². The van der Waals surface area contributed by atoms with E-state index in [1.807, 2.05) is 48.5 Å². The van der Waals surface area contributed by atoms with Gasteiger partial charge < -0.3 is 5.32 Å². The number of aromatic nitrogens is 3. The van der Waals surface area contributed by atoms with Crippen LogP contribution in [0.15, 0.2) is 60.9 Å². The lowest BCUT2D eigenvalue weighted by Crippen LogP contribution is -2.12. The summed E-state index contributed by atoms with van der Waals surface area (Å²) < 4.78 is 0. The molecule has 110 valence electrons. The van der Waals surface area contributed by atoms with E-state index in [-0.39, 0.29) is 5.91 Å². The number of carbonyl (C=O) groups is 1. The highest BCUT2D eigenvalue weighted by atomic mass is 16.1. The Labute approximate surface area is 128 Å². The first-order valence-corrected chi connectivity index (χ1v) is 7.11. The number of aryl methyl sites for hydroxylation is 1. The highest BCUT2D eigenvalue weighted by molar-refractivity contribution is 5.90. The van der Waals surface area contributed by atoms with E-state index in [0.717, 1.165) is 16.8 Å². The van der Waals surface area contributed by atoms with Crippen LogP contribution in [0.1, 0.15) is 12.0 Å². The van der Waals surface area contributed by atoms with Crippen molar-refractivity contribution in [3.8, 4) is 11.3 Å². The second-order valence-electron chi connectivity index (χ2n) is 4.94. The average molecular weight is 292 g/mol. The summed E-state index contributed by atoms with van der Waals surface area (Å²) in [6, 6.07) is 15.5. The highest BCUT2D eigenvalue weighted by Gasteiger charge is 2.07. The van der Waals surface area contributed by atoms with Crippen molar-refractivity contribution in [3.05, 3.63) is 66.5 Å². The Morgan fingerprint density at radius 2 is 1.86 bits per heavy atom. The number of H-pyrrole nitrogens is 1. The Morgan fingerprint density at radius 1 is 1.09 bits per heavy atom. The number of amides is 1. The number of carbonyl (C=O) groups excluding carboxylic acids is 1. The fourth-order valence-electron chi connectivity index (χ4n) is 2.17. The molecule has 0 aliphatic carbocycles. The van der Waals surface area contributed by atoms with E-state index in [9.17, 15) is 4.79 Å². The van der Waals surface area contributed by atoms with Crippen molar-refractivity contribution >= 4 is 11.7 Å². The zero-order valence-electron chi connectivity index (χ0n) is 12.0. The highest BCUT2D eigenvalue weighted by Crippen LogP contribution is 2.18. The number of hydrogen-bond acceptors (Lipinski definition) is 3. The largest absolute Gasteiger partial charge is 0.309 e. The van der Waals surface area contributed by atoms with E-state index in [4.69, 9.17) is 0 Å². The molecule has 0 aliphatic rings. The third kappa shape index (κ3) is 3.58. The maximum absolute atomic E-state index is 12.0. The third-order valence-corrected chi connectivity index (χ3v) is 3.32. The van der Waals surface area contributed by atoms with Gasteiger partial charge in [-0.15, -0.1) is 0 Å². The zero-order chi connectivity index (χ0) is 15.2. The van der Waals surface area contributed by atoms with Gasteiger partial charge in [0.1, 0.15) is 0 Å². The standard InChI is InChI=1S/C17H16N4O/c22-17(7-6-13-4-2-1-3-5-13)19-16-12-15(20-21-16)14-8-10-18-11-9-14/h1-5,8-12H,6-7H2,(H2,19,20,21,22). The van der Waals surface area contributed by atoms with E-state index in [1.165, 1.54) is 0 Å². The molecule has 0 saturated heterocycles. The fourth-order valence-corrected chi connectivity index (χ4v) is 2.17. The average Bonchev–Trinajstić information content (AvgIpc) is 3.03. The molecule has 2 aromatic heterocycles. The van der Waals surface area contributed by atoms with Gasteiger partial charge in [-0.05, 0) is 24.1 Å². The first kappa shape index (κ1) is 14.0. The lowest BCUT2D eigenvalue weighted by molar-refractivity contribution is -0.116. The molecule has 2 N–H and O–H groups in total. The molecular weight excluding hydrogens is 276 g/mol. The number of pyridine rings is 1. The van der Waals surface area contributed by atoms with Crippen molar-refractivity contribution in [2.24, 2.45) is 0 Å². The van der Waals surface area contributed by atoms with Crippen LogP contribution in [-0.4, -0.2) is 21.1 Å². The van der Waals surface area contributed by atoms with Gasteiger partial charge in [0.25, 0.3) is 0 Å². The predicted octanol–water partition coefficient (Wildman–Crippen LogP) is 3.04. The fraction of sp³-hybridized carbons (Fsp3) is 0.118. The topological polar surface area (TPSA) is 70.7 Å². The van der Waals surface area contributed by atoms with Gasteiger partial charge in [0.05, 0.1) is 5.69 Å². The molecule has 0 bridgehead atoms. The van der Waals surface area contributed by atoms with E-state index in [0.29, 0.717) is 18.7 Å². The molecule has 22 heavy (non-hydrogen) atoms. The van der Waals surface area contributed by atoms with Crippen LogP contribution in [0.3, 0.4) is 0 Å². The van der Waals surface area contributed by atoms with Gasteiger partial charge >= 0.3 is 0 Å². The molecule has 0 spiro atoms. The molecular formula is C17H16N4O. The summed E-state index contributed by atoms with van der Waals surface area (Å²) in [5.41, 5.74) is 2.98.